The van der Waals surface area contributed by atoms with Gasteiger partial charge in [-0.3, -0.25) is 14.9 Å². The smallest absolute Gasteiger partial charge is 0.339 e. The number of methoxy groups -OCH3 is 1. The first kappa shape index (κ1) is 18.6. The van der Waals surface area contributed by atoms with Gasteiger partial charge in [-0.05, 0) is 32.0 Å². The Hall–Kier alpha value is -2.72. The molecule has 0 unspecified atom stereocenters. The third kappa shape index (κ3) is 4.43. The molecule has 0 saturated heterocycles. The topological polar surface area (TPSA) is 119 Å². The number of hydrogen-bond acceptors (Lipinski definition) is 6. The van der Waals surface area contributed by atoms with Gasteiger partial charge in [0.2, 0.25) is 0 Å². The number of sulfonamides is 1. The van der Waals surface area contributed by atoms with Crippen molar-refractivity contribution >= 4 is 21.9 Å². The molecule has 0 bridgehead atoms. The Balaban J connectivity index is 2.11. The van der Waals surface area contributed by atoms with Crippen LogP contribution < -0.4 is 10.3 Å². The summed E-state index contributed by atoms with van der Waals surface area (Å²) in [5.41, 5.74) is 3.48. The van der Waals surface area contributed by atoms with Crippen molar-refractivity contribution in [3.8, 4) is 0 Å². The Kier molecular flexibility index (Phi) is 5.55. The molecule has 0 spiro atoms. The van der Waals surface area contributed by atoms with Crippen molar-refractivity contribution in [1.82, 2.24) is 20.0 Å². The average molecular weight is 366 g/mol. The summed E-state index contributed by atoms with van der Waals surface area (Å²) < 4.78 is 30.7. The number of carbonyl (C=O) groups excluding carboxylic acids is 2. The number of nitrogens with zero attached hydrogens (tertiary/aromatic N) is 2. The molecule has 9 nitrogen and oxygen atoms in total. The van der Waals surface area contributed by atoms with Gasteiger partial charge in [-0.15, -0.1) is 4.83 Å². The number of benzene rings is 1. The summed E-state index contributed by atoms with van der Waals surface area (Å²) in [6.45, 7) is 3.42. The van der Waals surface area contributed by atoms with Crippen LogP contribution in [0.15, 0.2) is 35.2 Å². The van der Waals surface area contributed by atoms with Gasteiger partial charge in [-0.2, -0.15) is 5.10 Å². The number of amides is 1. The Morgan fingerprint density at radius 3 is 2.52 bits per heavy atom. The van der Waals surface area contributed by atoms with E-state index in [1.165, 1.54) is 28.9 Å². The summed E-state index contributed by atoms with van der Waals surface area (Å²) in [7, 11) is -3.00. The van der Waals surface area contributed by atoms with Crippen molar-refractivity contribution in [2.75, 3.05) is 7.11 Å². The van der Waals surface area contributed by atoms with Crippen LogP contribution in [0.2, 0.25) is 0 Å². The molecule has 25 heavy (non-hydrogen) atoms. The molecule has 134 valence electrons. The Morgan fingerprint density at radius 1 is 1.24 bits per heavy atom. The van der Waals surface area contributed by atoms with Crippen molar-refractivity contribution in [2.24, 2.45) is 0 Å². The summed E-state index contributed by atoms with van der Waals surface area (Å²) in [6.07, 6.45) is 0. The third-order valence-corrected chi connectivity index (χ3v) is 4.61. The largest absolute Gasteiger partial charge is 0.465 e. The zero-order valence-electron chi connectivity index (χ0n) is 13.9. The molecular weight excluding hydrogens is 348 g/mol. The van der Waals surface area contributed by atoms with Crippen LogP contribution >= 0.6 is 0 Å². The fourth-order valence-corrected chi connectivity index (χ4v) is 3.23. The first-order chi connectivity index (χ1) is 11.7. The molecule has 1 amide bonds. The van der Waals surface area contributed by atoms with Crippen LogP contribution in [0.3, 0.4) is 0 Å². The molecule has 0 atom stereocenters. The van der Waals surface area contributed by atoms with Crippen LogP contribution in [0, 0.1) is 13.8 Å². The minimum atomic E-state index is -4.15. The molecule has 1 aromatic heterocycles. The number of ether oxygens (including phenoxy) is 1. The molecule has 0 saturated carbocycles. The molecule has 2 rings (SSSR count). The lowest BCUT2D eigenvalue weighted by Gasteiger charge is -2.11. The predicted molar refractivity (Wildman–Crippen MR) is 87.9 cm³/mol. The molecule has 10 heteroatoms. The molecule has 1 heterocycles. The molecular formula is C15H18N4O5S. The summed E-state index contributed by atoms with van der Waals surface area (Å²) in [6, 6.07) is 7.31. The third-order valence-electron chi connectivity index (χ3n) is 3.30. The average Bonchev–Trinajstić information content (AvgIpc) is 2.89. The zero-order valence-corrected chi connectivity index (χ0v) is 14.8. The van der Waals surface area contributed by atoms with E-state index in [0.717, 1.165) is 18.5 Å². The Labute approximate surface area is 145 Å². The molecule has 0 radical (unpaired) electrons. The van der Waals surface area contributed by atoms with E-state index in [2.05, 4.69) is 15.3 Å². The number of rotatable bonds is 6. The molecule has 0 aliphatic rings. The van der Waals surface area contributed by atoms with E-state index in [4.69, 9.17) is 0 Å². The highest BCUT2D eigenvalue weighted by molar-refractivity contribution is 7.89. The molecule has 2 aromatic rings. The number of carbonyl (C=O) groups is 2. The Morgan fingerprint density at radius 2 is 1.92 bits per heavy atom. The Bertz CT molecular complexity index is 904. The monoisotopic (exact) mass is 366 g/mol. The quantitative estimate of drug-likeness (QED) is 0.560. The maximum absolute atomic E-state index is 12.3. The SMILES string of the molecule is COC(=O)c1ccccc1S(=O)(=O)NNC(=O)Cn1nc(C)cc1C. The van der Waals surface area contributed by atoms with E-state index >= 15 is 0 Å². The van der Waals surface area contributed by atoms with Crippen LogP contribution in [-0.4, -0.2) is 37.2 Å². The van der Waals surface area contributed by atoms with Gasteiger partial charge in [0.05, 0.1) is 23.3 Å². The first-order valence-electron chi connectivity index (χ1n) is 7.23. The van der Waals surface area contributed by atoms with Gasteiger partial charge in [0.15, 0.2) is 0 Å². The van der Waals surface area contributed by atoms with Gasteiger partial charge in [-0.1, -0.05) is 12.1 Å². The number of nitrogens with one attached hydrogen (secondary N) is 2. The summed E-state index contributed by atoms with van der Waals surface area (Å²) >= 11 is 0. The van der Waals surface area contributed by atoms with Gasteiger partial charge in [0, 0.05) is 5.69 Å². The fraction of sp³-hybridized carbons (Fsp3) is 0.267. The number of hydrazine groups is 1. The molecule has 0 fully saturated rings. The van der Waals surface area contributed by atoms with Crippen LogP contribution in [0.5, 0.6) is 0 Å². The predicted octanol–water partition coefficient (Wildman–Crippen LogP) is 0.296. The zero-order chi connectivity index (χ0) is 18.6. The van der Waals surface area contributed by atoms with Gasteiger partial charge >= 0.3 is 5.97 Å². The second kappa shape index (κ2) is 7.45. The first-order valence-corrected chi connectivity index (χ1v) is 8.72. The maximum Gasteiger partial charge on any atom is 0.339 e. The van der Waals surface area contributed by atoms with Crippen LogP contribution in [0.1, 0.15) is 21.7 Å². The minimum absolute atomic E-state index is 0.134. The summed E-state index contributed by atoms with van der Waals surface area (Å²) in [5, 5.41) is 4.12. The van der Waals surface area contributed by atoms with Crippen molar-refractivity contribution in [2.45, 2.75) is 25.3 Å². The van der Waals surface area contributed by atoms with Crippen LogP contribution in [-0.2, 0) is 26.1 Å². The lowest BCUT2D eigenvalue weighted by atomic mass is 10.2. The number of hydrogen-bond donors (Lipinski definition) is 2. The van der Waals surface area contributed by atoms with E-state index in [1.807, 2.05) is 4.83 Å². The van der Waals surface area contributed by atoms with E-state index < -0.39 is 21.9 Å². The van der Waals surface area contributed by atoms with Crippen molar-refractivity contribution in [1.29, 1.82) is 0 Å². The number of aryl methyl sites for hydroxylation is 2. The van der Waals surface area contributed by atoms with Crippen LogP contribution in [0.25, 0.3) is 0 Å². The van der Waals surface area contributed by atoms with Crippen molar-refractivity contribution < 1.29 is 22.7 Å². The summed E-state index contributed by atoms with van der Waals surface area (Å²) in [4.78, 5) is 25.3. The van der Waals surface area contributed by atoms with Crippen LogP contribution in [0.4, 0.5) is 0 Å². The fourth-order valence-electron chi connectivity index (χ4n) is 2.17. The second-order valence-electron chi connectivity index (χ2n) is 5.23. The summed E-state index contributed by atoms with van der Waals surface area (Å²) in [5.74, 6) is -1.40. The molecule has 0 aliphatic carbocycles. The van der Waals surface area contributed by atoms with Crippen molar-refractivity contribution in [3.05, 3.63) is 47.3 Å². The minimum Gasteiger partial charge on any atom is -0.465 e. The number of esters is 1. The van der Waals surface area contributed by atoms with E-state index in [1.54, 1.807) is 19.9 Å². The number of aromatic nitrogens is 2. The standard InChI is InChI=1S/C15H18N4O5S/c1-10-8-11(2)19(17-10)9-14(20)16-18-25(22,23)13-7-5-4-6-12(13)15(21)24-3/h4-8,18H,9H2,1-3H3,(H,16,20). The van der Waals surface area contributed by atoms with Gasteiger partial charge < -0.3 is 4.74 Å². The van der Waals surface area contributed by atoms with E-state index in [9.17, 15) is 18.0 Å². The van der Waals surface area contributed by atoms with E-state index in [-0.39, 0.29) is 17.0 Å². The van der Waals surface area contributed by atoms with Crippen molar-refractivity contribution in [3.63, 3.8) is 0 Å². The highest BCUT2D eigenvalue weighted by Gasteiger charge is 2.23. The van der Waals surface area contributed by atoms with Gasteiger partial charge in [0.1, 0.15) is 6.54 Å². The van der Waals surface area contributed by atoms with Gasteiger partial charge in [-0.25, -0.2) is 13.2 Å². The second-order valence-corrected chi connectivity index (χ2v) is 6.88. The molecule has 0 aliphatic heterocycles. The highest BCUT2D eigenvalue weighted by atomic mass is 32.2. The molecule has 1 aromatic carbocycles. The lowest BCUT2D eigenvalue weighted by Crippen LogP contribution is -2.43. The normalized spacial score (nSPS) is 11.2. The van der Waals surface area contributed by atoms with E-state index in [0.29, 0.717) is 0 Å². The molecule has 2 N–H and O–H groups in total. The maximum atomic E-state index is 12.3. The lowest BCUT2D eigenvalue weighted by molar-refractivity contribution is -0.122. The van der Waals surface area contributed by atoms with Gasteiger partial charge in [0.25, 0.3) is 15.9 Å². The highest BCUT2D eigenvalue weighted by Crippen LogP contribution is 2.15.